The topological polar surface area (TPSA) is 74.6 Å². The third-order valence-electron chi connectivity index (χ3n) is 4.38. The first-order chi connectivity index (χ1) is 11.6. The van der Waals surface area contributed by atoms with Gasteiger partial charge < -0.3 is 20.0 Å². The highest BCUT2D eigenvalue weighted by molar-refractivity contribution is 5.95. The molecule has 1 fully saturated rings. The third kappa shape index (κ3) is 5.67. The van der Waals surface area contributed by atoms with Gasteiger partial charge in [-0.25, -0.2) is 0 Å². The molecule has 0 spiro atoms. The first-order valence-electron chi connectivity index (χ1n) is 8.92. The van der Waals surface area contributed by atoms with E-state index in [0.29, 0.717) is 6.54 Å². The molecule has 2 heterocycles. The number of rotatable bonds is 8. The predicted molar refractivity (Wildman–Crippen MR) is 92.7 cm³/mol. The summed E-state index contributed by atoms with van der Waals surface area (Å²) in [7, 11) is 0. The molecule has 1 aliphatic heterocycles. The molecule has 2 amide bonds. The maximum Gasteiger partial charge on any atom is 0.287 e. The van der Waals surface area contributed by atoms with E-state index in [1.165, 1.54) is 38.6 Å². The molecular weight excluding hydrogens is 306 g/mol. The zero-order valence-electron chi connectivity index (χ0n) is 14.7. The molecule has 1 saturated heterocycles. The molecule has 6 heteroatoms. The second-order valence-corrected chi connectivity index (χ2v) is 6.72. The number of furan rings is 1. The predicted octanol–water partition coefficient (Wildman–Crippen LogP) is 2.03. The molecule has 24 heavy (non-hydrogen) atoms. The number of amides is 2. The third-order valence-corrected chi connectivity index (χ3v) is 4.38. The van der Waals surface area contributed by atoms with Crippen LogP contribution in [0.1, 0.15) is 50.1 Å². The van der Waals surface area contributed by atoms with Crippen LogP contribution in [0.5, 0.6) is 0 Å². The average molecular weight is 335 g/mol. The number of carbonyl (C=O) groups is 2. The van der Waals surface area contributed by atoms with Crippen molar-refractivity contribution >= 4 is 11.8 Å². The Bertz CT molecular complexity index is 508. The van der Waals surface area contributed by atoms with Crippen molar-refractivity contribution < 1.29 is 14.0 Å². The van der Waals surface area contributed by atoms with Gasteiger partial charge in [0.05, 0.1) is 6.26 Å². The van der Waals surface area contributed by atoms with Crippen LogP contribution in [-0.2, 0) is 4.79 Å². The number of carbonyl (C=O) groups excluding carboxylic acids is 2. The molecule has 1 atom stereocenters. The second kappa shape index (κ2) is 9.47. The summed E-state index contributed by atoms with van der Waals surface area (Å²) in [4.78, 5) is 26.9. The van der Waals surface area contributed by atoms with Gasteiger partial charge in [-0.15, -0.1) is 0 Å². The SMILES string of the molecule is CC(C)C(NC(=O)c1ccco1)C(=O)NCCCN1CCCCC1. The van der Waals surface area contributed by atoms with E-state index in [1.54, 1.807) is 12.1 Å². The molecule has 1 aromatic rings. The normalized spacial score (nSPS) is 16.8. The molecule has 0 saturated carbocycles. The summed E-state index contributed by atoms with van der Waals surface area (Å²) in [5, 5.41) is 5.70. The van der Waals surface area contributed by atoms with Crippen LogP contribution in [0.3, 0.4) is 0 Å². The van der Waals surface area contributed by atoms with E-state index in [4.69, 9.17) is 4.42 Å². The van der Waals surface area contributed by atoms with Gasteiger partial charge in [-0.3, -0.25) is 9.59 Å². The lowest BCUT2D eigenvalue weighted by Crippen LogP contribution is -2.50. The van der Waals surface area contributed by atoms with Crippen LogP contribution < -0.4 is 10.6 Å². The molecule has 0 aromatic carbocycles. The number of nitrogens with one attached hydrogen (secondary N) is 2. The summed E-state index contributed by atoms with van der Waals surface area (Å²) >= 11 is 0. The molecule has 6 nitrogen and oxygen atoms in total. The average Bonchev–Trinajstić information content (AvgIpc) is 3.11. The van der Waals surface area contributed by atoms with Crippen LogP contribution in [0.2, 0.25) is 0 Å². The fourth-order valence-corrected chi connectivity index (χ4v) is 2.96. The monoisotopic (exact) mass is 335 g/mol. The van der Waals surface area contributed by atoms with Crippen molar-refractivity contribution in [2.45, 2.75) is 45.6 Å². The Morgan fingerprint density at radius 3 is 2.62 bits per heavy atom. The quantitative estimate of drug-likeness (QED) is 0.713. The highest BCUT2D eigenvalue weighted by Crippen LogP contribution is 2.09. The maximum atomic E-state index is 12.4. The van der Waals surface area contributed by atoms with Crippen LogP contribution in [0, 0.1) is 5.92 Å². The number of nitrogens with zero attached hydrogens (tertiary/aromatic N) is 1. The Morgan fingerprint density at radius 2 is 2.00 bits per heavy atom. The van der Waals surface area contributed by atoms with Gasteiger partial charge in [0, 0.05) is 6.54 Å². The van der Waals surface area contributed by atoms with Crippen molar-refractivity contribution in [3.63, 3.8) is 0 Å². The second-order valence-electron chi connectivity index (χ2n) is 6.72. The van der Waals surface area contributed by atoms with E-state index in [1.807, 2.05) is 13.8 Å². The van der Waals surface area contributed by atoms with Gasteiger partial charge in [0.15, 0.2) is 5.76 Å². The molecule has 0 bridgehead atoms. The summed E-state index contributed by atoms with van der Waals surface area (Å²) < 4.78 is 5.07. The van der Waals surface area contributed by atoms with E-state index in [-0.39, 0.29) is 23.5 Å². The largest absolute Gasteiger partial charge is 0.459 e. The van der Waals surface area contributed by atoms with Gasteiger partial charge >= 0.3 is 0 Å². The molecule has 1 aliphatic rings. The lowest BCUT2D eigenvalue weighted by Gasteiger charge is -2.26. The van der Waals surface area contributed by atoms with Crippen LogP contribution in [-0.4, -0.2) is 48.9 Å². The zero-order valence-corrected chi connectivity index (χ0v) is 14.7. The van der Waals surface area contributed by atoms with Crippen molar-refractivity contribution in [3.8, 4) is 0 Å². The minimum absolute atomic E-state index is 0.00556. The maximum absolute atomic E-state index is 12.4. The van der Waals surface area contributed by atoms with E-state index in [0.717, 1.165) is 13.0 Å². The van der Waals surface area contributed by atoms with Gasteiger partial charge in [0.25, 0.3) is 5.91 Å². The van der Waals surface area contributed by atoms with E-state index < -0.39 is 6.04 Å². The van der Waals surface area contributed by atoms with Gasteiger partial charge in [-0.2, -0.15) is 0 Å². The lowest BCUT2D eigenvalue weighted by molar-refractivity contribution is -0.123. The number of piperidine rings is 1. The number of likely N-dealkylation sites (tertiary alicyclic amines) is 1. The minimum Gasteiger partial charge on any atom is -0.459 e. The van der Waals surface area contributed by atoms with Crippen LogP contribution >= 0.6 is 0 Å². The smallest absolute Gasteiger partial charge is 0.287 e. The summed E-state index contributed by atoms with van der Waals surface area (Å²) in [5.74, 6) is -0.268. The van der Waals surface area contributed by atoms with E-state index in [2.05, 4.69) is 15.5 Å². The van der Waals surface area contributed by atoms with E-state index in [9.17, 15) is 9.59 Å². The fourth-order valence-electron chi connectivity index (χ4n) is 2.96. The first kappa shape index (κ1) is 18.5. The highest BCUT2D eigenvalue weighted by Gasteiger charge is 2.25. The standard InChI is InChI=1S/C18H29N3O3/c1-14(2)16(20-17(22)15-8-6-13-24-15)18(23)19-9-7-12-21-10-4-3-5-11-21/h6,8,13-14,16H,3-5,7,9-12H2,1-2H3,(H,19,23)(H,20,22). The number of hydrogen-bond acceptors (Lipinski definition) is 4. The molecule has 1 unspecified atom stereocenters. The van der Waals surface area contributed by atoms with Crippen molar-refractivity contribution in [1.82, 2.24) is 15.5 Å². The zero-order chi connectivity index (χ0) is 17.4. The van der Waals surface area contributed by atoms with Gasteiger partial charge in [-0.1, -0.05) is 20.3 Å². The van der Waals surface area contributed by atoms with Crippen molar-refractivity contribution in [2.75, 3.05) is 26.2 Å². The minimum atomic E-state index is -0.558. The van der Waals surface area contributed by atoms with Gasteiger partial charge in [0.1, 0.15) is 6.04 Å². The molecule has 0 radical (unpaired) electrons. The fraction of sp³-hybridized carbons (Fsp3) is 0.667. The van der Waals surface area contributed by atoms with Crippen LogP contribution in [0.4, 0.5) is 0 Å². The van der Waals surface area contributed by atoms with Gasteiger partial charge in [0.2, 0.25) is 5.91 Å². The summed E-state index contributed by atoms with van der Waals surface area (Å²) in [6, 6.07) is 2.68. The van der Waals surface area contributed by atoms with Crippen molar-refractivity contribution in [3.05, 3.63) is 24.2 Å². The van der Waals surface area contributed by atoms with Crippen LogP contribution in [0.25, 0.3) is 0 Å². The molecule has 2 rings (SSSR count). The molecule has 1 aromatic heterocycles. The summed E-state index contributed by atoms with van der Waals surface area (Å²) in [6.07, 6.45) is 6.27. The van der Waals surface area contributed by atoms with Crippen molar-refractivity contribution in [2.24, 2.45) is 5.92 Å². The summed E-state index contributed by atoms with van der Waals surface area (Å²) in [5.41, 5.74) is 0. The van der Waals surface area contributed by atoms with Gasteiger partial charge in [-0.05, 0) is 56.9 Å². The highest BCUT2D eigenvalue weighted by atomic mass is 16.3. The van der Waals surface area contributed by atoms with Crippen LogP contribution in [0.15, 0.2) is 22.8 Å². The Labute approximate surface area is 144 Å². The Morgan fingerprint density at radius 1 is 1.25 bits per heavy atom. The number of hydrogen-bond donors (Lipinski definition) is 2. The molecular formula is C18H29N3O3. The Balaban J connectivity index is 1.73. The molecule has 0 aliphatic carbocycles. The molecule has 2 N–H and O–H groups in total. The Hall–Kier alpha value is -1.82. The van der Waals surface area contributed by atoms with Crippen molar-refractivity contribution in [1.29, 1.82) is 0 Å². The van der Waals surface area contributed by atoms with E-state index >= 15 is 0 Å². The lowest BCUT2D eigenvalue weighted by atomic mass is 10.0. The first-order valence-corrected chi connectivity index (χ1v) is 8.92. The summed E-state index contributed by atoms with van der Waals surface area (Å²) in [6.45, 7) is 7.82. The molecule has 134 valence electrons. The Kier molecular flexibility index (Phi) is 7.31.